The number of likely N-dealkylation sites (tertiary alicyclic amines) is 2. The van der Waals surface area contributed by atoms with Crippen LogP contribution in [0.4, 0.5) is 0 Å². The van der Waals surface area contributed by atoms with Gasteiger partial charge >= 0.3 is 11.9 Å². The van der Waals surface area contributed by atoms with Crippen LogP contribution < -0.4 is 0 Å². The summed E-state index contributed by atoms with van der Waals surface area (Å²) in [5.41, 5.74) is 4.90. The van der Waals surface area contributed by atoms with Crippen molar-refractivity contribution >= 4 is 17.8 Å². The van der Waals surface area contributed by atoms with Crippen molar-refractivity contribution < 1.29 is 23.9 Å². The molecule has 4 aliphatic heterocycles. The smallest absolute Gasteiger partial charge is 0.338 e. The third-order valence-electron chi connectivity index (χ3n) is 7.21. The number of cyclic esters (lactones) is 2. The first kappa shape index (κ1) is 19.3. The van der Waals surface area contributed by atoms with Crippen LogP contribution in [0, 0.1) is 12.3 Å². The average Bonchev–Trinajstić information content (AvgIpc) is 3.41. The van der Waals surface area contributed by atoms with Gasteiger partial charge in [-0.05, 0) is 61.9 Å². The molecule has 0 bridgehead atoms. The lowest BCUT2D eigenvalue weighted by Gasteiger charge is -2.39. The third kappa shape index (κ3) is 3.31. The zero-order valence-electron chi connectivity index (χ0n) is 17.2. The lowest BCUT2D eigenvalue weighted by atomic mass is 9.77. The Hall–Kier alpha value is -2.67. The lowest BCUT2D eigenvalue weighted by Crippen LogP contribution is -2.42. The number of carbonyl (C=O) groups is 3. The van der Waals surface area contributed by atoms with Crippen LogP contribution in [0.15, 0.2) is 23.9 Å². The monoisotopic (exact) mass is 410 g/mol. The Morgan fingerprint density at radius 2 is 1.87 bits per heavy atom. The number of ether oxygens (including phenoxy) is 2. The van der Waals surface area contributed by atoms with E-state index in [1.807, 2.05) is 6.07 Å². The number of hydrogen-bond acceptors (Lipinski definition) is 6. The molecule has 0 saturated carbocycles. The Morgan fingerprint density at radius 3 is 2.60 bits per heavy atom. The normalized spacial score (nSPS) is 23.0. The van der Waals surface area contributed by atoms with Gasteiger partial charge in [0.25, 0.3) is 0 Å². The van der Waals surface area contributed by atoms with Gasteiger partial charge in [-0.3, -0.25) is 4.79 Å². The van der Waals surface area contributed by atoms with Crippen molar-refractivity contribution in [3.8, 4) is 0 Å². The van der Waals surface area contributed by atoms with Crippen LogP contribution in [0.1, 0.15) is 46.3 Å². The van der Waals surface area contributed by atoms with Gasteiger partial charge < -0.3 is 19.3 Å². The standard InChI is InChI=1S/C23H26N2O5/c1-15-16(2-3-18-19(15)13-30-22(18)28)4-7-24-8-5-23(6-9-24)11-20(26)25(14-23)17-10-21(27)29-12-17/h2-3,10H,4-9,11-14H2,1H3. The number of carbonyl (C=O) groups excluding carboxylic acids is 3. The molecule has 1 aromatic carbocycles. The van der Waals surface area contributed by atoms with Gasteiger partial charge in [0.05, 0.1) is 11.3 Å². The van der Waals surface area contributed by atoms with E-state index in [9.17, 15) is 14.4 Å². The molecule has 2 saturated heterocycles. The fourth-order valence-electron chi connectivity index (χ4n) is 5.21. The van der Waals surface area contributed by atoms with E-state index in [2.05, 4.69) is 17.9 Å². The van der Waals surface area contributed by atoms with Gasteiger partial charge in [-0.25, -0.2) is 9.59 Å². The summed E-state index contributed by atoms with van der Waals surface area (Å²) < 4.78 is 10.1. The molecule has 0 atom stereocenters. The fraction of sp³-hybridized carbons (Fsp3) is 0.522. The molecule has 1 aromatic rings. The molecule has 158 valence electrons. The molecule has 7 heteroatoms. The van der Waals surface area contributed by atoms with Gasteiger partial charge in [0.1, 0.15) is 13.2 Å². The summed E-state index contributed by atoms with van der Waals surface area (Å²) in [5, 5.41) is 0. The molecule has 30 heavy (non-hydrogen) atoms. The second kappa shape index (κ2) is 7.23. The largest absolute Gasteiger partial charge is 0.457 e. The van der Waals surface area contributed by atoms with Gasteiger partial charge in [-0.1, -0.05) is 6.07 Å². The molecular weight excluding hydrogens is 384 g/mol. The number of fused-ring (bicyclic) bond motifs is 1. The first-order chi connectivity index (χ1) is 14.4. The molecule has 0 aliphatic carbocycles. The van der Waals surface area contributed by atoms with Gasteiger partial charge in [-0.2, -0.15) is 0 Å². The second-order valence-electron chi connectivity index (χ2n) is 8.94. The predicted molar refractivity (Wildman–Crippen MR) is 107 cm³/mol. The van der Waals surface area contributed by atoms with Crippen molar-refractivity contribution in [2.75, 3.05) is 32.8 Å². The number of amides is 1. The molecule has 4 aliphatic rings. The van der Waals surface area contributed by atoms with Crippen molar-refractivity contribution in [2.24, 2.45) is 5.41 Å². The van der Waals surface area contributed by atoms with E-state index >= 15 is 0 Å². The third-order valence-corrected chi connectivity index (χ3v) is 7.21. The van der Waals surface area contributed by atoms with E-state index in [4.69, 9.17) is 9.47 Å². The summed E-state index contributed by atoms with van der Waals surface area (Å²) >= 11 is 0. The van der Waals surface area contributed by atoms with Crippen LogP contribution in [-0.4, -0.2) is 60.4 Å². The molecular formula is C23H26N2O5. The minimum Gasteiger partial charge on any atom is -0.457 e. The molecule has 1 spiro atoms. The molecule has 1 amide bonds. The highest BCUT2D eigenvalue weighted by atomic mass is 16.5. The van der Waals surface area contributed by atoms with Crippen LogP contribution in [0.2, 0.25) is 0 Å². The Labute approximate surface area is 175 Å². The van der Waals surface area contributed by atoms with E-state index in [-0.39, 0.29) is 29.9 Å². The maximum Gasteiger partial charge on any atom is 0.338 e. The molecule has 0 aromatic heterocycles. The number of hydrogen-bond donors (Lipinski definition) is 0. The average molecular weight is 410 g/mol. The number of nitrogens with zero attached hydrogens (tertiary/aromatic N) is 2. The highest BCUT2D eigenvalue weighted by molar-refractivity contribution is 5.94. The maximum atomic E-state index is 12.6. The van der Waals surface area contributed by atoms with Crippen LogP contribution in [0.5, 0.6) is 0 Å². The van der Waals surface area contributed by atoms with E-state index in [1.54, 1.807) is 4.90 Å². The predicted octanol–water partition coefficient (Wildman–Crippen LogP) is 1.96. The number of rotatable bonds is 4. The lowest BCUT2D eigenvalue weighted by molar-refractivity contribution is -0.135. The summed E-state index contributed by atoms with van der Waals surface area (Å²) in [6, 6.07) is 3.95. The second-order valence-corrected chi connectivity index (χ2v) is 8.94. The molecule has 4 heterocycles. The fourth-order valence-corrected chi connectivity index (χ4v) is 5.21. The quantitative estimate of drug-likeness (QED) is 0.707. The topological polar surface area (TPSA) is 76.2 Å². The zero-order valence-corrected chi connectivity index (χ0v) is 17.2. The Kier molecular flexibility index (Phi) is 4.65. The van der Waals surface area contributed by atoms with Crippen molar-refractivity contribution in [1.82, 2.24) is 9.80 Å². The Balaban J connectivity index is 1.17. The maximum absolute atomic E-state index is 12.6. The molecule has 5 rings (SSSR count). The Morgan fingerprint density at radius 1 is 1.07 bits per heavy atom. The Bertz CT molecular complexity index is 959. The first-order valence-electron chi connectivity index (χ1n) is 10.6. The van der Waals surface area contributed by atoms with Gasteiger partial charge in [0, 0.05) is 31.1 Å². The minimum absolute atomic E-state index is 0.0151. The van der Waals surface area contributed by atoms with Gasteiger partial charge in [-0.15, -0.1) is 0 Å². The SMILES string of the molecule is Cc1c(CCN2CCC3(CC2)CC(=O)N(C2=CC(=O)OC2)C3)ccc2c1COC2=O. The number of piperidine rings is 1. The molecule has 0 N–H and O–H groups in total. The van der Waals surface area contributed by atoms with Crippen LogP contribution in [0.25, 0.3) is 0 Å². The summed E-state index contributed by atoms with van der Waals surface area (Å²) in [7, 11) is 0. The van der Waals surface area contributed by atoms with E-state index in [0.717, 1.165) is 44.5 Å². The van der Waals surface area contributed by atoms with E-state index in [0.29, 0.717) is 30.8 Å². The van der Waals surface area contributed by atoms with Crippen LogP contribution >= 0.6 is 0 Å². The van der Waals surface area contributed by atoms with Crippen molar-refractivity contribution in [3.05, 3.63) is 46.2 Å². The van der Waals surface area contributed by atoms with Gasteiger partial charge in [0.2, 0.25) is 5.91 Å². The first-order valence-corrected chi connectivity index (χ1v) is 10.6. The van der Waals surface area contributed by atoms with E-state index < -0.39 is 0 Å². The molecule has 7 nitrogen and oxygen atoms in total. The van der Waals surface area contributed by atoms with Crippen LogP contribution in [-0.2, 0) is 32.1 Å². The van der Waals surface area contributed by atoms with Crippen LogP contribution in [0.3, 0.4) is 0 Å². The highest BCUT2D eigenvalue weighted by Gasteiger charge is 2.46. The highest BCUT2D eigenvalue weighted by Crippen LogP contribution is 2.42. The summed E-state index contributed by atoms with van der Waals surface area (Å²) in [5.74, 6) is -0.463. The van der Waals surface area contributed by atoms with Crippen molar-refractivity contribution in [1.29, 1.82) is 0 Å². The van der Waals surface area contributed by atoms with Crippen molar-refractivity contribution in [2.45, 2.75) is 39.2 Å². The van der Waals surface area contributed by atoms with Gasteiger partial charge in [0.15, 0.2) is 0 Å². The summed E-state index contributed by atoms with van der Waals surface area (Å²) in [6.45, 7) is 6.28. The summed E-state index contributed by atoms with van der Waals surface area (Å²) in [6.07, 6.45) is 4.93. The van der Waals surface area contributed by atoms with Crippen molar-refractivity contribution in [3.63, 3.8) is 0 Å². The summed E-state index contributed by atoms with van der Waals surface area (Å²) in [4.78, 5) is 39.9. The molecule has 0 unspecified atom stereocenters. The number of esters is 2. The minimum atomic E-state index is -0.355. The molecule has 0 radical (unpaired) electrons. The molecule has 2 fully saturated rings. The zero-order chi connectivity index (χ0) is 20.9. The number of benzene rings is 1. The van der Waals surface area contributed by atoms with E-state index in [1.165, 1.54) is 17.2 Å².